The number of likely N-dealkylation sites (tertiary alicyclic amines) is 1. The molecule has 1 saturated carbocycles. The van der Waals surface area contributed by atoms with E-state index in [0.717, 1.165) is 18.9 Å². The monoisotopic (exact) mass is 388 g/mol. The number of carbonyl (C=O) groups excluding carboxylic acids is 2. The second-order valence-electron chi connectivity index (χ2n) is 7.29. The summed E-state index contributed by atoms with van der Waals surface area (Å²) in [6.07, 6.45) is -2.54. The van der Waals surface area contributed by atoms with Gasteiger partial charge < -0.3 is 10.2 Å². The van der Waals surface area contributed by atoms with Gasteiger partial charge in [0.05, 0.1) is 11.5 Å². The number of hydrogen-bond donors (Lipinski definition) is 1. The summed E-state index contributed by atoms with van der Waals surface area (Å²) in [5.74, 6) is -1.01. The van der Waals surface area contributed by atoms with Crippen molar-refractivity contribution in [3.8, 4) is 11.1 Å². The third-order valence-electron chi connectivity index (χ3n) is 5.19. The average molecular weight is 388 g/mol. The minimum atomic E-state index is -4.56. The van der Waals surface area contributed by atoms with E-state index in [2.05, 4.69) is 5.32 Å². The van der Waals surface area contributed by atoms with Crippen LogP contribution in [0.2, 0.25) is 0 Å². The molecule has 1 saturated heterocycles. The highest BCUT2D eigenvalue weighted by Crippen LogP contribution is 2.39. The van der Waals surface area contributed by atoms with Crippen LogP contribution in [0, 0.1) is 5.92 Å². The molecule has 146 valence electrons. The van der Waals surface area contributed by atoms with E-state index in [1.807, 2.05) is 0 Å². The topological polar surface area (TPSA) is 49.4 Å². The van der Waals surface area contributed by atoms with Crippen LogP contribution in [-0.2, 0) is 15.8 Å². The van der Waals surface area contributed by atoms with E-state index in [-0.39, 0.29) is 29.6 Å². The van der Waals surface area contributed by atoms with E-state index in [1.165, 1.54) is 12.1 Å². The minimum absolute atomic E-state index is 0.0574. The first-order valence-electron chi connectivity index (χ1n) is 9.20. The molecule has 2 aromatic carbocycles. The molecular formula is C21H19F3N2O2. The van der Waals surface area contributed by atoms with E-state index in [0.29, 0.717) is 12.1 Å². The molecule has 1 N–H and O–H groups in total. The summed E-state index contributed by atoms with van der Waals surface area (Å²) in [6, 6.07) is 12.3. The van der Waals surface area contributed by atoms with Gasteiger partial charge in [0, 0.05) is 24.7 Å². The first kappa shape index (κ1) is 18.5. The molecule has 1 unspecified atom stereocenters. The lowest BCUT2D eigenvalue weighted by molar-refractivity contribution is -0.137. The normalized spacial score (nSPS) is 19.8. The van der Waals surface area contributed by atoms with Crippen LogP contribution in [-0.4, -0.2) is 29.3 Å². The maximum absolute atomic E-state index is 13.6. The van der Waals surface area contributed by atoms with Crippen molar-refractivity contribution in [1.82, 2.24) is 4.90 Å². The van der Waals surface area contributed by atoms with Crippen molar-refractivity contribution in [3.63, 3.8) is 0 Å². The van der Waals surface area contributed by atoms with Gasteiger partial charge in [-0.25, -0.2) is 0 Å². The lowest BCUT2D eigenvalue weighted by Crippen LogP contribution is -2.29. The van der Waals surface area contributed by atoms with Gasteiger partial charge >= 0.3 is 6.18 Å². The number of anilines is 1. The predicted octanol–water partition coefficient (Wildman–Crippen LogP) is 4.32. The molecule has 7 heteroatoms. The average Bonchev–Trinajstić information content (AvgIpc) is 3.43. The Bertz CT molecular complexity index is 908. The number of nitrogens with zero attached hydrogens (tertiary/aromatic N) is 1. The number of carbonyl (C=O) groups is 2. The summed E-state index contributed by atoms with van der Waals surface area (Å²) in [6.45, 7) is 0.337. The Morgan fingerprint density at radius 3 is 2.43 bits per heavy atom. The molecule has 2 fully saturated rings. The number of rotatable bonds is 4. The zero-order valence-electron chi connectivity index (χ0n) is 15.0. The van der Waals surface area contributed by atoms with E-state index in [9.17, 15) is 22.8 Å². The van der Waals surface area contributed by atoms with Crippen molar-refractivity contribution in [2.24, 2.45) is 5.92 Å². The number of hydrogen-bond acceptors (Lipinski definition) is 2. The standard InChI is InChI=1S/C21H19F3N2O2/c22-21(23,24)18-11-15(6-9-17(18)13-4-2-1-3-5-13)25-20(28)14-10-19(27)26(12-14)16-7-8-16/h1-6,9,11,14,16H,7-8,10,12H2,(H,25,28). The molecule has 0 radical (unpaired) electrons. The third-order valence-corrected chi connectivity index (χ3v) is 5.19. The van der Waals surface area contributed by atoms with Gasteiger partial charge in [0.25, 0.3) is 0 Å². The van der Waals surface area contributed by atoms with Crippen LogP contribution in [0.25, 0.3) is 11.1 Å². The molecule has 4 rings (SSSR count). The van der Waals surface area contributed by atoms with Gasteiger partial charge in [0.15, 0.2) is 0 Å². The third kappa shape index (κ3) is 3.74. The van der Waals surface area contributed by atoms with Crippen LogP contribution in [0.3, 0.4) is 0 Å². The Balaban J connectivity index is 1.55. The molecule has 2 amide bonds. The predicted molar refractivity (Wildman–Crippen MR) is 98.4 cm³/mol. The van der Waals surface area contributed by atoms with Gasteiger partial charge in [-0.05, 0) is 36.1 Å². The second-order valence-corrected chi connectivity index (χ2v) is 7.29. The summed E-state index contributed by atoms with van der Waals surface area (Å²) >= 11 is 0. The second kappa shape index (κ2) is 6.96. The van der Waals surface area contributed by atoms with Crippen LogP contribution in [0.15, 0.2) is 48.5 Å². The van der Waals surface area contributed by atoms with Gasteiger partial charge in [-0.3, -0.25) is 9.59 Å². The zero-order chi connectivity index (χ0) is 19.9. The lowest BCUT2D eigenvalue weighted by Gasteiger charge is -2.17. The summed E-state index contributed by atoms with van der Waals surface area (Å²) in [7, 11) is 0. The van der Waals surface area contributed by atoms with E-state index < -0.39 is 23.6 Å². The SMILES string of the molecule is O=C(Nc1ccc(-c2ccccc2)c(C(F)(F)F)c1)C1CC(=O)N(C2CC2)C1. The Hall–Kier alpha value is -2.83. The summed E-state index contributed by atoms with van der Waals surface area (Å²) in [5, 5.41) is 2.56. The smallest absolute Gasteiger partial charge is 0.339 e. The van der Waals surface area contributed by atoms with Crippen molar-refractivity contribution in [3.05, 3.63) is 54.1 Å². The van der Waals surface area contributed by atoms with E-state index in [4.69, 9.17) is 0 Å². The maximum atomic E-state index is 13.6. The summed E-state index contributed by atoms with van der Waals surface area (Å²) < 4.78 is 40.8. The Morgan fingerprint density at radius 2 is 1.79 bits per heavy atom. The minimum Gasteiger partial charge on any atom is -0.339 e. The Morgan fingerprint density at radius 1 is 1.07 bits per heavy atom. The van der Waals surface area contributed by atoms with Crippen molar-refractivity contribution < 1.29 is 22.8 Å². The molecule has 28 heavy (non-hydrogen) atoms. The van der Waals surface area contributed by atoms with E-state index in [1.54, 1.807) is 35.2 Å². The van der Waals surface area contributed by atoms with Crippen LogP contribution in [0.4, 0.5) is 18.9 Å². The number of nitrogens with one attached hydrogen (secondary N) is 1. The van der Waals surface area contributed by atoms with Crippen molar-refractivity contribution >= 4 is 17.5 Å². The van der Waals surface area contributed by atoms with E-state index >= 15 is 0 Å². The zero-order valence-corrected chi connectivity index (χ0v) is 15.0. The molecular weight excluding hydrogens is 369 g/mol. The fourth-order valence-electron chi connectivity index (χ4n) is 3.62. The molecule has 2 aliphatic rings. The number of amides is 2. The first-order chi connectivity index (χ1) is 13.3. The van der Waals surface area contributed by atoms with Crippen LogP contribution >= 0.6 is 0 Å². The summed E-state index contributed by atoms with van der Waals surface area (Å²) in [5.41, 5.74) is -0.218. The van der Waals surface area contributed by atoms with Gasteiger partial charge in [-0.15, -0.1) is 0 Å². The van der Waals surface area contributed by atoms with Crippen molar-refractivity contribution in [2.75, 3.05) is 11.9 Å². The number of benzene rings is 2. The molecule has 1 atom stereocenters. The Labute approximate surface area is 160 Å². The van der Waals surface area contributed by atoms with Gasteiger partial charge in [-0.1, -0.05) is 36.4 Å². The van der Waals surface area contributed by atoms with Crippen LogP contribution < -0.4 is 5.32 Å². The molecule has 1 aliphatic carbocycles. The van der Waals surface area contributed by atoms with Crippen LogP contribution in [0.5, 0.6) is 0 Å². The largest absolute Gasteiger partial charge is 0.417 e. The fraction of sp³-hybridized carbons (Fsp3) is 0.333. The lowest BCUT2D eigenvalue weighted by atomic mass is 9.98. The highest BCUT2D eigenvalue weighted by Gasteiger charge is 2.42. The number of halogens is 3. The number of alkyl halides is 3. The molecule has 1 aliphatic heterocycles. The molecule has 2 aromatic rings. The quantitative estimate of drug-likeness (QED) is 0.848. The highest BCUT2D eigenvalue weighted by molar-refractivity contribution is 5.97. The van der Waals surface area contributed by atoms with Gasteiger partial charge in [0.2, 0.25) is 11.8 Å². The highest BCUT2D eigenvalue weighted by atomic mass is 19.4. The van der Waals surface area contributed by atoms with Crippen LogP contribution in [0.1, 0.15) is 24.8 Å². The first-order valence-corrected chi connectivity index (χ1v) is 9.20. The van der Waals surface area contributed by atoms with Gasteiger partial charge in [-0.2, -0.15) is 13.2 Å². The summed E-state index contributed by atoms with van der Waals surface area (Å²) in [4.78, 5) is 26.2. The molecule has 0 aromatic heterocycles. The fourth-order valence-corrected chi connectivity index (χ4v) is 3.62. The molecule has 0 bridgehead atoms. The van der Waals surface area contributed by atoms with Gasteiger partial charge in [0.1, 0.15) is 0 Å². The Kier molecular flexibility index (Phi) is 4.61. The molecule has 4 nitrogen and oxygen atoms in total. The maximum Gasteiger partial charge on any atom is 0.417 e. The van der Waals surface area contributed by atoms with Crippen molar-refractivity contribution in [2.45, 2.75) is 31.5 Å². The molecule has 1 heterocycles. The molecule has 0 spiro atoms. The van der Waals surface area contributed by atoms with Crippen molar-refractivity contribution in [1.29, 1.82) is 0 Å².